The number of halogens is 3. The van der Waals surface area contributed by atoms with Gasteiger partial charge in [0.05, 0.1) is 19.2 Å². The molecular weight excluding hydrogens is 544 g/mol. The first-order valence-electron chi connectivity index (χ1n) is 13.0. The van der Waals surface area contributed by atoms with Crippen LogP contribution in [-0.2, 0) is 24.4 Å². The molecule has 0 saturated carbocycles. The maximum atomic E-state index is 14.1. The van der Waals surface area contributed by atoms with Gasteiger partial charge in [-0.05, 0) is 31.5 Å². The van der Waals surface area contributed by atoms with Gasteiger partial charge >= 0.3 is 0 Å². The van der Waals surface area contributed by atoms with Gasteiger partial charge in [-0.2, -0.15) is 4.98 Å². The van der Waals surface area contributed by atoms with Crippen LogP contribution < -0.4 is 9.64 Å². The second-order valence-electron chi connectivity index (χ2n) is 9.92. The number of ether oxygens (including phenoxy) is 2. The monoisotopic (exact) mass is 571 g/mol. The molecule has 3 aromatic heterocycles. The predicted molar refractivity (Wildman–Crippen MR) is 147 cm³/mol. The SMILES string of the molecule is CC1CN(c2cccc(OCc3ccc(Cl)cc3F)n2)CCN1Cc1nc2cc(Cl)nnc2n1CC1CCO1. The topological polar surface area (TPSA) is 81.4 Å². The van der Waals surface area contributed by atoms with E-state index in [4.69, 9.17) is 37.7 Å². The van der Waals surface area contributed by atoms with Gasteiger partial charge < -0.3 is 18.9 Å². The number of pyridine rings is 1. The van der Waals surface area contributed by atoms with Crippen LogP contribution in [0.5, 0.6) is 5.88 Å². The summed E-state index contributed by atoms with van der Waals surface area (Å²) in [5, 5.41) is 9.04. The van der Waals surface area contributed by atoms with Crippen LogP contribution in [0.3, 0.4) is 0 Å². The Balaban J connectivity index is 1.12. The number of hydrogen-bond donors (Lipinski definition) is 0. The van der Waals surface area contributed by atoms with Crippen LogP contribution in [0.15, 0.2) is 42.5 Å². The third-order valence-corrected chi connectivity index (χ3v) is 7.67. The summed E-state index contributed by atoms with van der Waals surface area (Å²) < 4.78 is 27.7. The van der Waals surface area contributed by atoms with Crippen LogP contribution in [-0.4, -0.2) is 68.0 Å². The smallest absolute Gasteiger partial charge is 0.215 e. The van der Waals surface area contributed by atoms with E-state index >= 15 is 0 Å². The highest BCUT2D eigenvalue weighted by atomic mass is 35.5. The number of piperazine rings is 1. The number of aromatic nitrogens is 5. The van der Waals surface area contributed by atoms with E-state index < -0.39 is 5.82 Å². The third kappa shape index (κ3) is 5.79. The zero-order valence-corrected chi connectivity index (χ0v) is 22.9. The fourth-order valence-corrected chi connectivity index (χ4v) is 5.26. The molecule has 2 fully saturated rings. The largest absolute Gasteiger partial charge is 0.473 e. The predicted octanol–water partition coefficient (Wildman–Crippen LogP) is 4.75. The first-order valence-corrected chi connectivity index (χ1v) is 13.7. The van der Waals surface area contributed by atoms with Crippen molar-refractivity contribution in [3.63, 3.8) is 0 Å². The van der Waals surface area contributed by atoms with Crippen LogP contribution in [0.25, 0.3) is 11.2 Å². The lowest BCUT2D eigenvalue weighted by molar-refractivity contribution is -0.0593. The highest BCUT2D eigenvalue weighted by Gasteiger charge is 2.28. The van der Waals surface area contributed by atoms with Crippen LogP contribution in [0.4, 0.5) is 10.2 Å². The number of hydrogen-bond acceptors (Lipinski definition) is 8. The summed E-state index contributed by atoms with van der Waals surface area (Å²) in [6.07, 6.45) is 1.20. The molecule has 1 aromatic carbocycles. The summed E-state index contributed by atoms with van der Waals surface area (Å²) in [5.74, 6) is 1.81. The van der Waals surface area contributed by atoms with Crippen LogP contribution >= 0.6 is 23.2 Å². The minimum absolute atomic E-state index is 0.0755. The van der Waals surface area contributed by atoms with Crippen molar-refractivity contribution in [1.29, 1.82) is 0 Å². The molecule has 0 N–H and O–H groups in total. The van der Waals surface area contributed by atoms with Gasteiger partial charge in [0, 0.05) is 55.0 Å². The van der Waals surface area contributed by atoms with Crippen molar-refractivity contribution in [2.24, 2.45) is 0 Å². The van der Waals surface area contributed by atoms with Crippen molar-refractivity contribution < 1.29 is 13.9 Å². The normalized spacial score (nSPS) is 19.8. The van der Waals surface area contributed by atoms with Gasteiger partial charge in [-0.15, -0.1) is 10.2 Å². The molecule has 9 nitrogen and oxygen atoms in total. The second-order valence-corrected chi connectivity index (χ2v) is 10.7. The summed E-state index contributed by atoms with van der Waals surface area (Å²) >= 11 is 11.9. The van der Waals surface area contributed by atoms with Gasteiger partial charge in [-0.1, -0.05) is 35.3 Å². The highest BCUT2D eigenvalue weighted by Crippen LogP contribution is 2.25. The molecule has 39 heavy (non-hydrogen) atoms. The Morgan fingerprint density at radius 1 is 1.10 bits per heavy atom. The number of anilines is 1. The van der Waals surface area contributed by atoms with E-state index in [2.05, 4.69) is 36.5 Å². The minimum atomic E-state index is -0.396. The standard InChI is InChI=1S/C27H28Cl2FN7O2/c1-17-13-36(24-3-2-4-26(32-24)39-16-18-5-6-19(28)11-21(18)30)9-8-35(17)15-25-31-22-12-23(29)33-34-27(22)37(25)14-20-7-10-38-20/h2-6,11-12,17,20H,7-10,13-16H2,1H3. The van der Waals surface area contributed by atoms with E-state index in [-0.39, 0.29) is 18.8 Å². The van der Waals surface area contributed by atoms with Crippen molar-refractivity contribution in [3.05, 3.63) is 69.8 Å². The minimum Gasteiger partial charge on any atom is -0.473 e. The fourth-order valence-electron chi connectivity index (χ4n) is 4.96. The van der Waals surface area contributed by atoms with Gasteiger partial charge in [0.1, 0.15) is 29.6 Å². The van der Waals surface area contributed by atoms with E-state index in [1.807, 2.05) is 12.1 Å². The molecule has 12 heteroatoms. The van der Waals surface area contributed by atoms with E-state index in [0.29, 0.717) is 34.7 Å². The number of fused-ring (bicyclic) bond motifs is 1. The van der Waals surface area contributed by atoms with E-state index in [0.717, 1.165) is 55.5 Å². The Kier molecular flexibility index (Phi) is 7.53. The molecule has 4 aromatic rings. The Morgan fingerprint density at radius 3 is 2.74 bits per heavy atom. The van der Waals surface area contributed by atoms with E-state index in [1.165, 1.54) is 6.07 Å². The van der Waals surface area contributed by atoms with Crippen LogP contribution in [0.1, 0.15) is 24.7 Å². The lowest BCUT2D eigenvalue weighted by atomic mass is 10.1. The quantitative estimate of drug-likeness (QED) is 0.300. The number of rotatable bonds is 8. The summed E-state index contributed by atoms with van der Waals surface area (Å²) in [6.45, 7) is 6.87. The van der Waals surface area contributed by atoms with E-state index in [9.17, 15) is 4.39 Å². The van der Waals surface area contributed by atoms with Crippen LogP contribution in [0.2, 0.25) is 10.2 Å². The van der Waals surface area contributed by atoms with E-state index in [1.54, 1.807) is 24.3 Å². The average Bonchev–Trinajstić information content (AvgIpc) is 3.22. The molecule has 2 aliphatic heterocycles. The van der Waals surface area contributed by atoms with Gasteiger partial charge in [0.15, 0.2) is 10.8 Å². The van der Waals surface area contributed by atoms with Crippen molar-refractivity contribution in [3.8, 4) is 5.88 Å². The third-order valence-electron chi connectivity index (χ3n) is 7.25. The Bertz CT molecular complexity index is 1480. The van der Waals surface area contributed by atoms with Gasteiger partial charge in [0.2, 0.25) is 5.88 Å². The van der Waals surface area contributed by atoms with Crippen molar-refractivity contribution in [1.82, 2.24) is 29.6 Å². The summed E-state index contributed by atoms with van der Waals surface area (Å²) in [5.41, 5.74) is 1.91. The average molecular weight is 572 g/mol. The molecule has 0 amide bonds. The summed E-state index contributed by atoms with van der Waals surface area (Å²) in [6, 6.07) is 12.2. The molecule has 2 saturated heterocycles. The molecule has 0 bridgehead atoms. The van der Waals surface area contributed by atoms with Crippen LogP contribution in [0, 0.1) is 5.82 Å². The second kappa shape index (κ2) is 11.2. The molecule has 6 rings (SSSR count). The molecule has 204 valence electrons. The van der Waals surface area contributed by atoms with Crippen molar-refractivity contribution in [2.75, 3.05) is 31.1 Å². The molecule has 2 unspecified atom stereocenters. The molecule has 0 aliphatic carbocycles. The van der Waals surface area contributed by atoms with Gasteiger partial charge in [0.25, 0.3) is 0 Å². The van der Waals surface area contributed by atoms with Crippen molar-refractivity contribution in [2.45, 2.75) is 45.2 Å². The maximum Gasteiger partial charge on any atom is 0.215 e. The van der Waals surface area contributed by atoms with Gasteiger partial charge in [-0.3, -0.25) is 4.90 Å². The summed E-state index contributed by atoms with van der Waals surface area (Å²) in [4.78, 5) is 14.2. The fraction of sp³-hybridized carbons (Fsp3) is 0.407. The highest BCUT2D eigenvalue weighted by molar-refractivity contribution is 6.30. The molecule has 0 spiro atoms. The molecular formula is C27H28Cl2FN7O2. The molecule has 0 radical (unpaired) electrons. The Hall–Kier alpha value is -3.05. The lowest BCUT2D eigenvalue weighted by Crippen LogP contribution is -2.52. The zero-order chi connectivity index (χ0) is 26.9. The number of benzene rings is 1. The molecule has 5 heterocycles. The first-order chi connectivity index (χ1) is 18.9. The lowest BCUT2D eigenvalue weighted by Gasteiger charge is -2.40. The number of imidazole rings is 1. The Labute approximate surface area is 235 Å². The van der Waals surface area contributed by atoms with Gasteiger partial charge in [-0.25, -0.2) is 9.37 Å². The molecule has 2 atom stereocenters. The molecule has 2 aliphatic rings. The maximum absolute atomic E-state index is 14.1. The van der Waals surface area contributed by atoms with Crippen molar-refractivity contribution >= 4 is 40.2 Å². The zero-order valence-electron chi connectivity index (χ0n) is 21.4. The summed E-state index contributed by atoms with van der Waals surface area (Å²) in [7, 11) is 0. The first kappa shape index (κ1) is 26.2. The Morgan fingerprint density at radius 2 is 1.97 bits per heavy atom. The number of nitrogens with zero attached hydrogens (tertiary/aromatic N) is 7.